The molecular formula is C20H21N5O2. The van der Waals surface area contributed by atoms with Gasteiger partial charge in [-0.15, -0.1) is 0 Å². The van der Waals surface area contributed by atoms with E-state index in [1.807, 2.05) is 36.4 Å². The second kappa shape index (κ2) is 6.50. The van der Waals surface area contributed by atoms with Crippen molar-refractivity contribution < 1.29 is 0 Å². The molecule has 0 N–H and O–H groups in total. The number of nitrogens with zero attached hydrogens (tertiary/aromatic N) is 5. The molecule has 0 amide bonds. The maximum atomic E-state index is 12.6. The molecule has 1 aromatic carbocycles. The minimum absolute atomic E-state index is 0.211. The third-order valence-corrected chi connectivity index (χ3v) is 4.91. The lowest BCUT2D eigenvalue weighted by Crippen LogP contribution is -2.37. The Hall–Kier alpha value is -3.22. The van der Waals surface area contributed by atoms with Gasteiger partial charge in [0, 0.05) is 20.6 Å². The SMILES string of the molecule is CCCCn1c(-c2ccccc2)cc2nc3c(nc21)c(=O)n(C)c(=O)n3C. The number of aryl methyl sites for hydroxylation is 2. The molecule has 0 saturated carbocycles. The minimum atomic E-state index is -0.424. The summed E-state index contributed by atoms with van der Waals surface area (Å²) in [6.07, 6.45) is 2.04. The Balaban J connectivity index is 2.10. The first-order valence-corrected chi connectivity index (χ1v) is 9.05. The molecule has 138 valence electrons. The number of unbranched alkanes of at least 4 members (excludes halogenated alkanes) is 1. The fourth-order valence-electron chi connectivity index (χ4n) is 3.38. The number of rotatable bonds is 4. The molecule has 0 aliphatic carbocycles. The van der Waals surface area contributed by atoms with Crippen molar-refractivity contribution in [2.45, 2.75) is 26.3 Å². The Labute approximate surface area is 155 Å². The van der Waals surface area contributed by atoms with E-state index in [9.17, 15) is 9.59 Å². The number of fused-ring (bicyclic) bond motifs is 2. The van der Waals surface area contributed by atoms with Crippen molar-refractivity contribution >= 4 is 22.3 Å². The monoisotopic (exact) mass is 363 g/mol. The highest BCUT2D eigenvalue weighted by Crippen LogP contribution is 2.27. The van der Waals surface area contributed by atoms with Crippen molar-refractivity contribution in [3.63, 3.8) is 0 Å². The first-order valence-electron chi connectivity index (χ1n) is 9.05. The third-order valence-electron chi connectivity index (χ3n) is 4.91. The minimum Gasteiger partial charge on any atom is -0.324 e. The van der Waals surface area contributed by atoms with E-state index >= 15 is 0 Å². The van der Waals surface area contributed by atoms with Crippen LogP contribution >= 0.6 is 0 Å². The second-order valence-corrected chi connectivity index (χ2v) is 6.71. The van der Waals surface area contributed by atoms with Crippen molar-refractivity contribution in [3.05, 3.63) is 57.2 Å². The van der Waals surface area contributed by atoms with Crippen molar-refractivity contribution in [3.8, 4) is 11.3 Å². The summed E-state index contributed by atoms with van der Waals surface area (Å²) < 4.78 is 4.56. The molecular weight excluding hydrogens is 342 g/mol. The van der Waals surface area contributed by atoms with Crippen molar-refractivity contribution in [2.24, 2.45) is 14.1 Å². The summed E-state index contributed by atoms with van der Waals surface area (Å²) in [5.74, 6) is 0. The predicted octanol–water partition coefficient (Wildman–Crippen LogP) is 2.45. The first kappa shape index (κ1) is 17.2. The molecule has 4 aromatic rings. The number of hydrogen-bond acceptors (Lipinski definition) is 4. The molecule has 0 saturated heterocycles. The van der Waals surface area contributed by atoms with E-state index in [0.717, 1.165) is 35.2 Å². The lowest BCUT2D eigenvalue weighted by molar-refractivity contribution is 0.650. The highest BCUT2D eigenvalue weighted by molar-refractivity contribution is 5.87. The summed E-state index contributed by atoms with van der Waals surface area (Å²) >= 11 is 0. The smallest absolute Gasteiger partial charge is 0.324 e. The first-order chi connectivity index (χ1) is 13.0. The molecule has 3 aromatic heterocycles. The van der Waals surface area contributed by atoms with E-state index in [1.165, 1.54) is 11.6 Å². The van der Waals surface area contributed by atoms with Crippen molar-refractivity contribution in [1.29, 1.82) is 0 Å². The molecule has 0 spiro atoms. The zero-order chi connectivity index (χ0) is 19.1. The molecule has 27 heavy (non-hydrogen) atoms. The number of benzene rings is 1. The summed E-state index contributed by atoms with van der Waals surface area (Å²) in [6, 6.07) is 12.0. The fourth-order valence-corrected chi connectivity index (χ4v) is 3.38. The highest BCUT2D eigenvalue weighted by atomic mass is 16.2. The Kier molecular flexibility index (Phi) is 4.14. The topological polar surface area (TPSA) is 74.7 Å². The summed E-state index contributed by atoms with van der Waals surface area (Å²) in [6.45, 7) is 2.93. The van der Waals surface area contributed by atoms with Crippen LogP contribution in [0, 0.1) is 0 Å². The second-order valence-electron chi connectivity index (χ2n) is 6.71. The Morgan fingerprint density at radius 3 is 2.41 bits per heavy atom. The van der Waals surface area contributed by atoms with Crippen molar-refractivity contribution in [1.82, 2.24) is 23.7 Å². The Morgan fingerprint density at radius 2 is 1.70 bits per heavy atom. The van der Waals surface area contributed by atoms with Gasteiger partial charge in [0.25, 0.3) is 5.56 Å². The summed E-state index contributed by atoms with van der Waals surface area (Å²) in [7, 11) is 3.07. The van der Waals surface area contributed by atoms with Gasteiger partial charge in [0.15, 0.2) is 16.8 Å². The predicted molar refractivity (Wildman–Crippen MR) is 106 cm³/mol. The zero-order valence-electron chi connectivity index (χ0n) is 15.6. The average Bonchev–Trinajstić information content (AvgIpc) is 3.06. The van der Waals surface area contributed by atoms with Gasteiger partial charge in [-0.05, 0) is 18.1 Å². The number of hydrogen-bond donors (Lipinski definition) is 0. The van der Waals surface area contributed by atoms with Crippen LogP contribution in [0.4, 0.5) is 0 Å². The van der Waals surface area contributed by atoms with Crippen LogP contribution in [0.1, 0.15) is 19.8 Å². The maximum Gasteiger partial charge on any atom is 0.332 e. The van der Waals surface area contributed by atoms with E-state index < -0.39 is 11.2 Å². The van der Waals surface area contributed by atoms with Gasteiger partial charge in [0.1, 0.15) is 5.52 Å². The van der Waals surface area contributed by atoms with Crippen LogP contribution in [0.5, 0.6) is 0 Å². The summed E-state index contributed by atoms with van der Waals surface area (Å²) in [5, 5.41) is 0. The van der Waals surface area contributed by atoms with E-state index in [-0.39, 0.29) is 5.52 Å². The third kappa shape index (κ3) is 2.66. The normalized spacial score (nSPS) is 11.5. The van der Waals surface area contributed by atoms with Gasteiger partial charge in [-0.3, -0.25) is 13.9 Å². The molecule has 0 aliphatic heterocycles. The van der Waals surface area contributed by atoms with Gasteiger partial charge in [0.2, 0.25) is 0 Å². The summed E-state index contributed by atoms with van der Waals surface area (Å²) in [4.78, 5) is 34.1. The molecule has 0 atom stereocenters. The highest BCUT2D eigenvalue weighted by Gasteiger charge is 2.17. The van der Waals surface area contributed by atoms with Gasteiger partial charge in [-0.1, -0.05) is 43.7 Å². The lowest BCUT2D eigenvalue weighted by Gasteiger charge is -2.10. The van der Waals surface area contributed by atoms with Gasteiger partial charge >= 0.3 is 5.69 Å². The van der Waals surface area contributed by atoms with Gasteiger partial charge in [0.05, 0.1) is 5.69 Å². The van der Waals surface area contributed by atoms with Crippen molar-refractivity contribution in [2.75, 3.05) is 0 Å². The quantitative estimate of drug-likeness (QED) is 0.558. The standard InChI is InChI=1S/C20H21N5O2/c1-4-5-11-25-15(13-9-7-6-8-10-13)12-14-17(25)22-16-18(21-14)23(2)20(27)24(3)19(16)26/h6-10,12H,4-5,11H2,1-3H3. The van der Waals surface area contributed by atoms with E-state index in [1.54, 1.807) is 7.05 Å². The molecule has 0 fully saturated rings. The molecule has 0 unspecified atom stereocenters. The zero-order valence-corrected chi connectivity index (χ0v) is 15.6. The maximum absolute atomic E-state index is 12.6. The van der Waals surface area contributed by atoms with Crippen LogP contribution in [0.2, 0.25) is 0 Å². The van der Waals surface area contributed by atoms with Gasteiger partial charge in [-0.25, -0.2) is 14.8 Å². The van der Waals surface area contributed by atoms with E-state index in [2.05, 4.69) is 21.5 Å². The molecule has 7 heteroatoms. The van der Waals surface area contributed by atoms with Crippen LogP contribution in [0.25, 0.3) is 33.6 Å². The molecule has 0 bridgehead atoms. The molecule has 7 nitrogen and oxygen atoms in total. The van der Waals surface area contributed by atoms with Gasteiger partial charge in [-0.2, -0.15) is 0 Å². The van der Waals surface area contributed by atoms with Crippen LogP contribution in [-0.2, 0) is 20.6 Å². The Morgan fingerprint density at radius 1 is 0.963 bits per heavy atom. The molecule has 4 rings (SSSR count). The van der Waals surface area contributed by atoms with Crippen LogP contribution in [0.3, 0.4) is 0 Å². The molecule has 0 radical (unpaired) electrons. The molecule has 3 heterocycles. The fraction of sp³-hybridized carbons (Fsp3) is 0.300. The van der Waals surface area contributed by atoms with E-state index in [4.69, 9.17) is 0 Å². The van der Waals surface area contributed by atoms with Gasteiger partial charge < -0.3 is 4.57 Å². The van der Waals surface area contributed by atoms with Crippen LogP contribution < -0.4 is 11.2 Å². The number of aromatic nitrogens is 5. The summed E-state index contributed by atoms with van der Waals surface area (Å²) in [5.41, 5.74) is 3.12. The van der Waals surface area contributed by atoms with Crippen LogP contribution in [0.15, 0.2) is 46.0 Å². The average molecular weight is 363 g/mol. The largest absolute Gasteiger partial charge is 0.332 e. The lowest BCUT2D eigenvalue weighted by atomic mass is 10.1. The van der Waals surface area contributed by atoms with Crippen LogP contribution in [-0.4, -0.2) is 23.7 Å². The molecule has 0 aliphatic rings. The Bertz CT molecular complexity index is 1270. The van der Waals surface area contributed by atoms with E-state index in [0.29, 0.717) is 16.8 Å².